The SMILES string of the molecule is O=C(Nc1ccccc1Cl)c1nc(C(=O)N2CCCCCC2)c2ccccn12. The number of benzene rings is 1. The minimum absolute atomic E-state index is 0.123. The summed E-state index contributed by atoms with van der Waals surface area (Å²) in [4.78, 5) is 32.3. The molecule has 0 radical (unpaired) electrons. The molecule has 144 valence electrons. The van der Waals surface area contributed by atoms with E-state index in [0.29, 0.717) is 21.9 Å². The molecule has 7 heteroatoms. The van der Waals surface area contributed by atoms with Crippen LogP contribution >= 0.6 is 11.6 Å². The Hall–Kier alpha value is -2.86. The molecule has 0 bridgehead atoms. The Morgan fingerprint density at radius 3 is 2.43 bits per heavy atom. The van der Waals surface area contributed by atoms with E-state index in [1.54, 1.807) is 40.9 Å². The molecule has 1 aliphatic heterocycles. The second-order valence-corrected chi connectivity index (χ2v) is 7.29. The maximum Gasteiger partial charge on any atom is 0.292 e. The van der Waals surface area contributed by atoms with Gasteiger partial charge in [-0.3, -0.25) is 14.0 Å². The summed E-state index contributed by atoms with van der Waals surface area (Å²) in [5.74, 6) is -0.375. The summed E-state index contributed by atoms with van der Waals surface area (Å²) in [6.45, 7) is 1.46. The van der Waals surface area contributed by atoms with E-state index >= 15 is 0 Å². The number of hydrogen-bond acceptors (Lipinski definition) is 3. The van der Waals surface area contributed by atoms with E-state index in [-0.39, 0.29) is 11.7 Å². The average molecular weight is 397 g/mol. The maximum atomic E-state index is 13.1. The van der Waals surface area contributed by atoms with Crippen LogP contribution in [0.4, 0.5) is 5.69 Å². The van der Waals surface area contributed by atoms with Gasteiger partial charge in [0.2, 0.25) is 5.82 Å². The number of para-hydroxylation sites is 1. The standard InChI is InChI=1S/C21H21ClN4O2/c22-15-9-3-4-10-16(15)23-20(27)19-24-18(17-11-5-8-14-26(17)19)21(28)25-12-6-1-2-7-13-25/h3-5,8-11,14H,1-2,6-7,12-13H2,(H,23,27). The van der Waals surface area contributed by atoms with Crippen molar-refractivity contribution in [2.24, 2.45) is 0 Å². The smallest absolute Gasteiger partial charge is 0.292 e. The highest BCUT2D eigenvalue weighted by atomic mass is 35.5. The zero-order valence-corrected chi connectivity index (χ0v) is 16.2. The number of nitrogens with one attached hydrogen (secondary N) is 1. The Morgan fingerprint density at radius 2 is 1.68 bits per heavy atom. The number of likely N-dealkylation sites (tertiary alicyclic amines) is 1. The summed E-state index contributed by atoms with van der Waals surface area (Å²) < 4.78 is 1.65. The molecule has 1 N–H and O–H groups in total. The highest BCUT2D eigenvalue weighted by Crippen LogP contribution is 2.23. The Morgan fingerprint density at radius 1 is 0.964 bits per heavy atom. The van der Waals surface area contributed by atoms with Gasteiger partial charge >= 0.3 is 0 Å². The number of amides is 2. The van der Waals surface area contributed by atoms with Crippen molar-refractivity contribution in [1.82, 2.24) is 14.3 Å². The number of nitrogens with zero attached hydrogens (tertiary/aromatic N) is 3. The number of anilines is 1. The van der Waals surface area contributed by atoms with Crippen molar-refractivity contribution in [3.05, 3.63) is 65.2 Å². The molecule has 3 aromatic rings. The topological polar surface area (TPSA) is 66.7 Å². The predicted octanol–water partition coefficient (Wildman–Crippen LogP) is 4.26. The third-order valence-corrected chi connectivity index (χ3v) is 5.30. The monoisotopic (exact) mass is 396 g/mol. The second-order valence-electron chi connectivity index (χ2n) is 6.88. The van der Waals surface area contributed by atoms with E-state index in [2.05, 4.69) is 10.3 Å². The zero-order chi connectivity index (χ0) is 19.5. The molecule has 0 unspecified atom stereocenters. The third-order valence-electron chi connectivity index (χ3n) is 4.97. The van der Waals surface area contributed by atoms with Crippen molar-refractivity contribution >= 4 is 34.6 Å². The van der Waals surface area contributed by atoms with Gasteiger partial charge in [0.25, 0.3) is 11.8 Å². The first-order valence-corrected chi connectivity index (χ1v) is 9.85. The molecule has 6 nitrogen and oxygen atoms in total. The molecule has 2 aromatic heterocycles. The van der Waals surface area contributed by atoms with Gasteiger partial charge in [-0.15, -0.1) is 0 Å². The number of halogens is 1. The molecule has 0 aliphatic carbocycles. The number of carbonyl (C=O) groups is 2. The van der Waals surface area contributed by atoms with E-state index in [1.807, 2.05) is 17.0 Å². The lowest BCUT2D eigenvalue weighted by molar-refractivity contribution is 0.0758. The molecular formula is C21H21ClN4O2. The first-order chi connectivity index (χ1) is 13.6. The summed E-state index contributed by atoms with van der Waals surface area (Å²) >= 11 is 6.14. The molecule has 0 atom stereocenters. The minimum atomic E-state index is -0.413. The maximum absolute atomic E-state index is 13.1. The van der Waals surface area contributed by atoms with Gasteiger partial charge in [0, 0.05) is 19.3 Å². The van der Waals surface area contributed by atoms with E-state index in [0.717, 1.165) is 38.8 Å². The molecular weight excluding hydrogens is 376 g/mol. The number of hydrogen-bond donors (Lipinski definition) is 1. The molecule has 28 heavy (non-hydrogen) atoms. The number of fused-ring (bicyclic) bond motifs is 1. The summed E-state index contributed by atoms with van der Waals surface area (Å²) in [7, 11) is 0. The number of carbonyl (C=O) groups excluding carboxylic acids is 2. The first kappa shape index (κ1) is 18.5. The normalized spacial score (nSPS) is 14.7. The van der Waals surface area contributed by atoms with Gasteiger partial charge in [0.1, 0.15) is 0 Å². The fourth-order valence-electron chi connectivity index (χ4n) is 3.52. The molecule has 0 spiro atoms. The second kappa shape index (κ2) is 8.02. The third kappa shape index (κ3) is 3.60. The summed E-state index contributed by atoms with van der Waals surface area (Å²) in [5, 5.41) is 3.22. The van der Waals surface area contributed by atoms with E-state index in [4.69, 9.17) is 11.6 Å². The summed E-state index contributed by atoms with van der Waals surface area (Å²) in [5.41, 5.74) is 1.44. The van der Waals surface area contributed by atoms with E-state index in [9.17, 15) is 9.59 Å². The summed E-state index contributed by atoms with van der Waals surface area (Å²) in [6.07, 6.45) is 6.01. The van der Waals surface area contributed by atoms with Crippen molar-refractivity contribution in [3.8, 4) is 0 Å². The van der Waals surface area contributed by atoms with Crippen LogP contribution in [0.2, 0.25) is 5.02 Å². The predicted molar refractivity (Wildman–Crippen MR) is 109 cm³/mol. The van der Waals surface area contributed by atoms with Crippen molar-refractivity contribution in [3.63, 3.8) is 0 Å². The fraction of sp³-hybridized carbons (Fsp3) is 0.286. The lowest BCUT2D eigenvalue weighted by Gasteiger charge is -2.19. The average Bonchev–Trinajstić information content (AvgIpc) is 2.89. The lowest BCUT2D eigenvalue weighted by Crippen LogP contribution is -2.32. The van der Waals surface area contributed by atoms with Crippen LogP contribution in [0.15, 0.2) is 48.7 Å². The molecule has 1 aliphatic rings. The number of imidazole rings is 1. The highest BCUT2D eigenvalue weighted by Gasteiger charge is 2.25. The van der Waals surface area contributed by atoms with Crippen LogP contribution in [0.3, 0.4) is 0 Å². The van der Waals surface area contributed by atoms with Gasteiger partial charge in [0.05, 0.1) is 16.2 Å². The van der Waals surface area contributed by atoms with Crippen molar-refractivity contribution < 1.29 is 9.59 Å². The van der Waals surface area contributed by atoms with Crippen LogP contribution in [0.25, 0.3) is 5.52 Å². The van der Waals surface area contributed by atoms with E-state index in [1.165, 1.54) is 0 Å². The molecule has 3 heterocycles. The summed E-state index contributed by atoms with van der Waals surface area (Å²) in [6, 6.07) is 12.5. The van der Waals surface area contributed by atoms with Gasteiger partial charge in [-0.1, -0.05) is 42.6 Å². The number of rotatable bonds is 3. The lowest BCUT2D eigenvalue weighted by atomic mass is 10.2. The van der Waals surface area contributed by atoms with Crippen LogP contribution in [0.1, 0.15) is 46.8 Å². The van der Waals surface area contributed by atoms with Gasteiger partial charge < -0.3 is 10.2 Å². The fourth-order valence-corrected chi connectivity index (χ4v) is 3.70. The Bertz CT molecular complexity index is 1020. The van der Waals surface area contributed by atoms with Crippen LogP contribution < -0.4 is 5.32 Å². The number of aromatic nitrogens is 2. The Labute approximate surface area is 168 Å². The van der Waals surface area contributed by atoms with Gasteiger partial charge in [-0.2, -0.15) is 0 Å². The Kier molecular flexibility index (Phi) is 5.30. The van der Waals surface area contributed by atoms with Crippen molar-refractivity contribution in [2.75, 3.05) is 18.4 Å². The quantitative estimate of drug-likeness (QED) is 0.719. The Balaban J connectivity index is 1.69. The van der Waals surface area contributed by atoms with Gasteiger partial charge in [-0.05, 0) is 37.1 Å². The molecule has 2 amide bonds. The molecule has 0 saturated carbocycles. The van der Waals surface area contributed by atoms with Crippen LogP contribution in [0.5, 0.6) is 0 Å². The highest BCUT2D eigenvalue weighted by molar-refractivity contribution is 6.33. The first-order valence-electron chi connectivity index (χ1n) is 9.47. The van der Waals surface area contributed by atoms with Crippen LogP contribution in [-0.2, 0) is 0 Å². The van der Waals surface area contributed by atoms with Gasteiger partial charge in [0.15, 0.2) is 5.69 Å². The molecule has 1 fully saturated rings. The van der Waals surface area contributed by atoms with Gasteiger partial charge in [-0.25, -0.2) is 4.98 Å². The van der Waals surface area contributed by atoms with E-state index < -0.39 is 5.91 Å². The van der Waals surface area contributed by atoms with Crippen LogP contribution in [0, 0.1) is 0 Å². The largest absolute Gasteiger partial charge is 0.337 e. The zero-order valence-electron chi connectivity index (χ0n) is 15.4. The number of pyridine rings is 1. The minimum Gasteiger partial charge on any atom is -0.337 e. The van der Waals surface area contributed by atoms with Crippen LogP contribution in [-0.4, -0.2) is 39.2 Å². The molecule has 1 aromatic carbocycles. The van der Waals surface area contributed by atoms with Crippen molar-refractivity contribution in [2.45, 2.75) is 25.7 Å². The molecule has 4 rings (SSSR count). The molecule has 1 saturated heterocycles. The van der Waals surface area contributed by atoms with Crippen molar-refractivity contribution in [1.29, 1.82) is 0 Å².